The number of allylic oxidation sites excluding steroid dienone is 5. The van der Waals surface area contributed by atoms with Gasteiger partial charge in [0, 0.05) is 11.6 Å². The van der Waals surface area contributed by atoms with Crippen molar-refractivity contribution in [2.75, 3.05) is 0 Å². The molecule has 0 atom stereocenters. The van der Waals surface area contributed by atoms with Gasteiger partial charge in [-0.3, -0.25) is 9.59 Å². The number of carbonyl (C=O) groups is 2. The normalized spacial score (nSPS) is 14.9. The van der Waals surface area contributed by atoms with Crippen LogP contribution in [0, 0.1) is 0 Å². The molecule has 1 aliphatic rings. The van der Waals surface area contributed by atoms with Crippen LogP contribution in [-0.4, -0.2) is 21.8 Å². The van der Waals surface area contributed by atoms with E-state index >= 15 is 0 Å². The molecule has 0 saturated carbocycles. The number of unbranched alkanes of at least 4 members (excludes halogenated alkanes) is 13. The topological polar surface area (TPSA) is 74.6 Å². The Morgan fingerprint density at radius 2 is 1.21 bits per heavy atom. The minimum Gasteiger partial charge on any atom is -0.507 e. The highest BCUT2D eigenvalue weighted by molar-refractivity contribution is 6.47. The molecule has 0 saturated heterocycles. The summed E-state index contributed by atoms with van der Waals surface area (Å²) in [5.41, 5.74) is 0.214. The summed E-state index contributed by atoms with van der Waals surface area (Å²) in [5, 5.41) is 19.4. The third kappa shape index (κ3) is 11.1. The summed E-state index contributed by atoms with van der Waals surface area (Å²) in [7, 11) is 0. The second-order valence-electron chi connectivity index (χ2n) is 8.09. The van der Waals surface area contributed by atoms with E-state index in [1.165, 1.54) is 77.0 Å². The van der Waals surface area contributed by atoms with Crippen molar-refractivity contribution in [1.82, 2.24) is 0 Å². The predicted molar refractivity (Wildman–Crippen MR) is 119 cm³/mol. The molecule has 0 aromatic carbocycles. The number of hydrogen-bond acceptors (Lipinski definition) is 4. The molecule has 4 nitrogen and oxygen atoms in total. The molecule has 0 aromatic heterocycles. The second kappa shape index (κ2) is 16.0. The minimum absolute atomic E-state index is 0.214. The standard InChI is InChI=1S/C25H40O4/c1-2-3-4-5-6-7-8-9-10-11-12-13-14-15-16-17-18-19-21-22(26)20-23(27)25(29)24(21)28/h5-6,20,26,28H,2-4,7-19H2,1H3/b6-5+. The van der Waals surface area contributed by atoms with Crippen molar-refractivity contribution < 1.29 is 19.8 Å². The summed E-state index contributed by atoms with van der Waals surface area (Å²) in [5.74, 6) is -2.62. The van der Waals surface area contributed by atoms with Crippen molar-refractivity contribution in [3.8, 4) is 0 Å². The van der Waals surface area contributed by atoms with Gasteiger partial charge in [0.05, 0.1) is 0 Å². The SMILES string of the molecule is CCCC/C=C/CCCCCCCCCCCCCC1=C(O)C(=O)C(=O)C=C1O. The molecule has 2 N–H and O–H groups in total. The maximum absolute atomic E-state index is 11.4. The molecular formula is C25H40O4. The lowest BCUT2D eigenvalue weighted by molar-refractivity contribution is -0.133. The Morgan fingerprint density at radius 1 is 0.724 bits per heavy atom. The summed E-state index contributed by atoms with van der Waals surface area (Å²) >= 11 is 0. The fourth-order valence-electron chi connectivity index (χ4n) is 3.61. The highest BCUT2D eigenvalue weighted by Gasteiger charge is 2.27. The van der Waals surface area contributed by atoms with E-state index in [-0.39, 0.29) is 11.3 Å². The smallest absolute Gasteiger partial charge is 0.267 e. The number of hydrogen-bond donors (Lipinski definition) is 2. The van der Waals surface area contributed by atoms with E-state index in [1.807, 2.05) is 0 Å². The van der Waals surface area contributed by atoms with Crippen molar-refractivity contribution in [2.24, 2.45) is 0 Å². The van der Waals surface area contributed by atoms with Crippen LogP contribution in [0.2, 0.25) is 0 Å². The van der Waals surface area contributed by atoms with Gasteiger partial charge in [-0.05, 0) is 32.1 Å². The molecule has 0 heterocycles. The summed E-state index contributed by atoms with van der Waals surface area (Å²) in [6.07, 6.45) is 24.4. The molecule has 0 fully saturated rings. The lowest BCUT2D eigenvalue weighted by Gasteiger charge is -2.12. The number of rotatable bonds is 17. The molecular weight excluding hydrogens is 364 g/mol. The number of aliphatic hydroxyl groups excluding tert-OH is 2. The first-order chi connectivity index (χ1) is 14.1. The number of Topliss-reactive ketones (excluding diaryl/α,β-unsaturated/α-hetero) is 1. The van der Waals surface area contributed by atoms with Gasteiger partial charge in [0.25, 0.3) is 5.78 Å². The Hall–Kier alpha value is -1.84. The maximum Gasteiger partial charge on any atom is 0.267 e. The van der Waals surface area contributed by atoms with Crippen LogP contribution in [0.4, 0.5) is 0 Å². The van der Waals surface area contributed by atoms with Crippen molar-refractivity contribution in [1.29, 1.82) is 0 Å². The number of ketones is 2. The molecule has 1 aliphatic carbocycles. The molecule has 0 amide bonds. The molecule has 0 aliphatic heterocycles. The second-order valence-corrected chi connectivity index (χ2v) is 8.09. The van der Waals surface area contributed by atoms with Crippen LogP contribution in [0.3, 0.4) is 0 Å². The fraction of sp³-hybridized carbons (Fsp3) is 0.680. The molecule has 0 spiro atoms. The highest BCUT2D eigenvalue weighted by Crippen LogP contribution is 2.24. The van der Waals surface area contributed by atoms with Gasteiger partial charge in [-0.1, -0.05) is 89.7 Å². The molecule has 4 heteroatoms. The Bertz CT molecular complexity index is 584. The Balaban J connectivity index is 1.91. The molecule has 0 unspecified atom stereocenters. The summed E-state index contributed by atoms with van der Waals surface area (Å²) in [4.78, 5) is 22.7. The molecule has 164 valence electrons. The van der Waals surface area contributed by atoms with Crippen LogP contribution in [0.5, 0.6) is 0 Å². The Kier molecular flexibility index (Phi) is 13.9. The molecule has 0 bridgehead atoms. The van der Waals surface area contributed by atoms with Gasteiger partial charge in [0.2, 0.25) is 5.78 Å². The lowest BCUT2D eigenvalue weighted by atomic mass is 9.96. The van der Waals surface area contributed by atoms with Crippen molar-refractivity contribution in [2.45, 2.75) is 110 Å². The average Bonchev–Trinajstić information content (AvgIpc) is 2.70. The summed E-state index contributed by atoms with van der Waals surface area (Å²) in [6.45, 7) is 2.23. The first kappa shape index (κ1) is 25.2. The van der Waals surface area contributed by atoms with Gasteiger partial charge < -0.3 is 10.2 Å². The van der Waals surface area contributed by atoms with Crippen LogP contribution in [0.1, 0.15) is 110 Å². The zero-order valence-electron chi connectivity index (χ0n) is 18.3. The number of aliphatic hydroxyl groups is 2. The quantitative estimate of drug-likeness (QED) is 0.116. The van der Waals surface area contributed by atoms with E-state index in [0.29, 0.717) is 6.42 Å². The number of carbonyl (C=O) groups excluding carboxylic acids is 2. The lowest BCUT2D eigenvalue weighted by Crippen LogP contribution is -2.21. The first-order valence-electron chi connectivity index (χ1n) is 11.6. The van der Waals surface area contributed by atoms with Gasteiger partial charge >= 0.3 is 0 Å². The zero-order chi connectivity index (χ0) is 21.3. The van der Waals surface area contributed by atoms with Crippen LogP contribution in [-0.2, 0) is 9.59 Å². The van der Waals surface area contributed by atoms with Crippen molar-refractivity contribution in [3.05, 3.63) is 35.3 Å². The first-order valence-corrected chi connectivity index (χ1v) is 11.6. The Labute approximate surface area is 176 Å². The fourth-order valence-corrected chi connectivity index (χ4v) is 3.61. The average molecular weight is 405 g/mol. The van der Waals surface area contributed by atoms with Crippen LogP contribution < -0.4 is 0 Å². The van der Waals surface area contributed by atoms with Crippen LogP contribution in [0.15, 0.2) is 35.3 Å². The summed E-state index contributed by atoms with van der Waals surface area (Å²) in [6, 6.07) is 0. The maximum atomic E-state index is 11.4. The predicted octanol–water partition coefficient (Wildman–Crippen LogP) is 7.21. The molecule has 29 heavy (non-hydrogen) atoms. The van der Waals surface area contributed by atoms with Gasteiger partial charge in [-0.2, -0.15) is 0 Å². The van der Waals surface area contributed by atoms with Crippen molar-refractivity contribution >= 4 is 11.6 Å². The van der Waals surface area contributed by atoms with E-state index in [0.717, 1.165) is 25.3 Å². The van der Waals surface area contributed by atoms with E-state index in [9.17, 15) is 19.8 Å². The van der Waals surface area contributed by atoms with Crippen molar-refractivity contribution in [3.63, 3.8) is 0 Å². The third-order valence-electron chi connectivity index (χ3n) is 5.49. The minimum atomic E-state index is -0.916. The molecule has 0 aromatic rings. The largest absolute Gasteiger partial charge is 0.507 e. The third-order valence-corrected chi connectivity index (χ3v) is 5.49. The van der Waals surface area contributed by atoms with Gasteiger partial charge in [-0.25, -0.2) is 0 Å². The van der Waals surface area contributed by atoms with Crippen LogP contribution in [0.25, 0.3) is 0 Å². The van der Waals surface area contributed by atoms with Gasteiger partial charge in [-0.15, -0.1) is 0 Å². The monoisotopic (exact) mass is 404 g/mol. The van der Waals surface area contributed by atoms with Gasteiger partial charge in [0.1, 0.15) is 5.76 Å². The van der Waals surface area contributed by atoms with E-state index < -0.39 is 17.3 Å². The molecule has 1 rings (SSSR count). The Morgan fingerprint density at radius 3 is 1.76 bits per heavy atom. The van der Waals surface area contributed by atoms with E-state index in [1.54, 1.807) is 0 Å². The molecule has 0 radical (unpaired) electrons. The summed E-state index contributed by atoms with van der Waals surface area (Å²) < 4.78 is 0. The van der Waals surface area contributed by atoms with Crippen LogP contribution >= 0.6 is 0 Å². The van der Waals surface area contributed by atoms with E-state index in [4.69, 9.17) is 0 Å². The highest BCUT2D eigenvalue weighted by atomic mass is 16.3. The van der Waals surface area contributed by atoms with Gasteiger partial charge in [0.15, 0.2) is 5.76 Å². The zero-order valence-corrected chi connectivity index (χ0v) is 18.3. The van der Waals surface area contributed by atoms with E-state index in [2.05, 4.69) is 19.1 Å².